The van der Waals surface area contributed by atoms with Crippen molar-refractivity contribution in [3.8, 4) is 0 Å². The van der Waals surface area contributed by atoms with E-state index in [2.05, 4.69) is 52.0 Å². The van der Waals surface area contributed by atoms with Crippen molar-refractivity contribution in [1.29, 1.82) is 0 Å². The van der Waals surface area contributed by atoms with Crippen LogP contribution in [0.2, 0.25) is 0 Å². The van der Waals surface area contributed by atoms with Crippen LogP contribution >= 0.6 is 8.60 Å². The third-order valence-corrected chi connectivity index (χ3v) is 5.57. The van der Waals surface area contributed by atoms with Gasteiger partial charge in [0.15, 0.2) is 0 Å². The van der Waals surface area contributed by atoms with Gasteiger partial charge >= 0.3 is 8.60 Å². The van der Waals surface area contributed by atoms with Crippen LogP contribution in [0.3, 0.4) is 0 Å². The Morgan fingerprint density at radius 2 is 0.867 bits per heavy atom. The molecule has 1 aromatic carbocycles. The summed E-state index contributed by atoms with van der Waals surface area (Å²) in [7, 11) is -2.62. The Hall–Kier alpha value is -0.470. The monoisotopic (exact) mass is 440 g/mol. The molecule has 0 spiro atoms. The maximum atomic E-state index is 7.23. The summed E-state index contributed by atoms with van der Waals surface area (Å²) in [5.41, 5.74) is 3.24. The van der Waals surface area contributed by atoms with Gasteiger partial charge in [0.25, 0.3) is 0 Å². The number of hydrogen-bond donors (Lipinski definition) is 3. The fourth-order valence-corrected chi connectivity index (χ4v) is 3.84. The number of hydrogen-bond acceptors (Lipinski definition) is 3. The molecular weight excluding hydrogens is 391 g/mol. The fourth-order valence-electron chi connectivity index (χ4n) is 3.84. The molecular formula is C26H49O3P. The molecule has 3 N–H and O–H groups in total. The Kier molecular flexibility index (Phi) is 20.1. The van der Waals surface area contributed by atoms with E-state index in [0.717, 1.165) is 11.8 Å². The number of aryl methyl sites for hydroxylation is 2. The molecule has 3 nitrogen and oxygen atoms in total. The summed E-state index contributed by atoms with van der Waals surface area (Å²) in [4.78, 5) is 21.7. The van der Waals surface area contributed by atoms with Crippen molar-refractivity contribution in [1.82, 2.24) is 0 Å². The van der Waals surface area contributed by atoms with Gasteiger partial charge in [0, 0.05) is 0 Å². The highest BCUT2D eigenvalue weighted by Gasteiger charge is 2.03. The molecule has 1 rings (SSSR count). The Labute approximate surface area is 188 Å². The molecule has 0 aliphatic rings. The Morgan fingerprint density at radius 1 is 0.567 bits per heavy atom. The molecule has 0 aliphatic heterocycles. The molecule has 176 valence electrons. The van der Waals surface area contributed by atoms with E-state index in [9.17, 15) is 0 Å². The largest absolute Gasteiger partial charge is 0.328 e. The van der Waals surface area contributed by atoms with Crippen molar-refractivity contribution >= 4 is 8.60 Å². The average molecular weight is 441 g/mol. The summed E-state index contributed by atoms with van der Waals surface area (Å²) >= 11 is 0. The first kappa shape index (κ1) is 29.5. The van der Waals surface area contributed by atoms with Gasteiger partial charge in [0.1, 0.15) is 0 Å². The predicted molar refractivity (Wildman–Crippen MR) is 133 cm³/mol. The standard InChI is InChI=1S/C26H46.H3O3P/c1-23(2)17-11-7-5-9-13-19-25-21-15-16-22-26(25)20-14-10-6-8-12-18-24(3)4;1-4(2)3/h15-16,21-24H,5-14,17-20H2,1-4H3;1-3H. The van der Waals surface area contributed by atoms with Crippen molar-refractivity contribution < 1.29 is 14.7 Å². The molecule has 0 aliphatic carbocycles. The van der Waals surface area contributed by atoms with Gasteiger partial charge in [-0.2, -0.15) is 0 Å². The molecule has 4 heteroatoms. The van der Waals surface area contributed by atoms with Gasteiger partial charge < -0.3 is 14.7 Å². The first-order valence-electron chi connectivity index (χ1n) is 12.3. The third-order valence-electron chi connectivity index (χ3n) is 5.57. The molecule has 0 amide bonds. The molecule has 0 bridgehead atoms. The zero-order chi connectivity index (χ0) is 22.6. The smallest absolute Gasteiger partial charge is 0.324 e. The van der Waals surface area contributed by atoms with Gasteiger partial charge in [0.05, 0.1) is 0 Å². The highest BCUT2D eigenvalue weighted by molar-refractivity contribution is 7.38. The van der Waals surface area contributed by atoms with Crippen molar-refractivity contribution in [3.05, 3.63) is 35.4 Å². The lowest BCUT2D eigenvalue weighted by atomic mass is 9.96. The summed E-state index contributed by atoms with van der Waals surface area (Å²) in [6, 6.07) is 9.20. The molecule has 0 saturated heterocycles. The summed E-state index contributed by atoms with van der Waals surface area (Å²) in [6.45, 7) is 9.34. The molecule has 0 radical (unpaired) electrons. The van der Waals surface area contributed by atoms with E-state index in [1.807, 2.05) is 0 Å². The first-order chi connectivity index (χ1) is 14.3. The molecule has 0 atom stereocenters. The second-order valence-corrected chi connectivity index (χ2v) is 9.97. The van der Waals surface area contributed by atoms with Crippen LogP contribution in [-0.4, -0.2) is 14.7 Å². The summed E-state index contributed by atoms with van der Waals surface area (Å²) in [5, 5.41) is 0. The zero-order valence-corrected chi connectivity index (χ0v) is 21.0. The maximum absolute atomic E-state index is 7.23. The van der Waals surface area contributed by atoms with E-state index in [1.165, 1.54) is 89.9 Å². The zero-order valence-electron chi connectivity index (χ0n) is 20.2. The fraction of sp³-hybridized carbons (Fsp3) is 0.769. The maximum Gasteiger partial charge on any atom is 0.324 e. The van der Waals surface area contributed by atoms with E-state index in [0.29, 0.717) is 0 Å². The lowest BCUT2D eigenvalue weighted by Crippen LogP contribution is -1.95. The van der Waals surface area contributed by atoms with Crippen LogP contribution in [0.15, 0.2) is 24.3 Å². The SMILES string of the molecule is CC(C)CCCCCCCc1ccccc1CCCCCCCC(C)C.OP(O)O. The number of unbranched alkanes of at least 4 members (excludes halogenated alkanes) is 8. The minimum absolute atomic E-state index is 0.872. The number of benzene rings is 1. The summed E-state index contributed by atoms with van der Waals surface area (Å²) < 4.78 is 0. The second kappa shape index (κ2) is 20.4. The molecule has 0 fully saturated rings. The van der Waals surface area contributed by atoms with Crippen molar-refractivity contribution in [2.45, 2.75) is 118 Å². The van der Waals surface area contributed by atoms with Gasteiger partial charge in [-0.15, -0.1) is 0 Å². The minimum atomic E-state index is -2.62. The van der Waals surface area contributed by atoms with Gasteiger partial charge in [0.2, 0.25) is 0 Å². The van der Waals surface area contributed by atoms with Gasteiger partial charge in [-0.25, -0.2) is 0 Å². The van der Waals surface area contributed by atoms with Crippen molar-refractivity contribution in [2.24, 2.45) is 11.8 Å². The van der Waals surface area contributed by atoms with Crippen molar-refractivity contribution in [3.63, 3.8) is 0 Å². The molecule has 0 heterocycles. The quantitative estimate of drug-likeness (QED) is 0.180. The topological polar surface area (TPSA) is 60.7 Å². The van der Waals surface area contributed by atoms with Crippen molar-refractivity contribution in [2.75, 3.05) is 0 Å². The van der Waals surface area contributed by atoms with Crippen LogP contribution < -0.4 is 0 Å². The van der Waals surface area contributed by atoms with Gasteiger partial charge in [-0.05, 0) is 48.6 Å². The van der Waals surface area contributed by atoms with E-state index in [-0.39, 0.29) is 0 Å². The van der Waals surface area contributed by atoms with Crippen LogP contribution in [0.5, 0.6) is 0 Å². The lowest BCUT2D eigenvalue weighted by Gasteiger charge is -2.10. The summed E-state index contributed by atoms with van der Waals surface area (Å²) in [6.07, 6.45) is 19.5. The van der Waals surface area contributed by atoms with Crippen LogP contribution in [0, 0.1) is 11.8 Å². The van der Waals surface area contributed by atoms with Crippen LogP contribution in [0.25, 0.3) is 0 Å². The Balaban J connectivity index is 0.00000192. The van der Waals surface area contributed by atoms with E-state index in [4.69, 9.17) is 14.7 Å². The van der Waals surface area contributed by atoms with E-state index >= 15 is 0 Å². The Bertz CT molecular complexity index is 445. The Morgan fingerprint density at radius 3 is 1.20 bits per heavy atom. The molecule has 1 aromatic rings. The van der Waals surface area contributed by atoms with Gasteiger partial charge in [-0.1, -0.05) is 116 Å². The molecule has 0 aromatic heterocycles. The highest BCUT2D eigenvalue weighted by Crippen LogP contribution is 2.18. The van der Waals surface area contributed by atoms with E-state index < -0.39 is 8.60 Å². The average Bonchev–Trinajstić information content (AvgIpc) is 2.66. The first-order valence-corrected chi connectivity index (χ1v) is 13.5. The second-order valence-electron chi connectivity index (χ2n) is 9.44. The molecule has 30 heavy (non-hydrogen) atoms. The normalized spacial score (nSPS) is 11.3. The van der Waals surface area contributed by atoms with Crippen LogP contribution in [-0.2, 0) is 12.8 Å². The molecule has 0 saturated carbocycles. The predicted octanol–water partition coefficient (Wildman–Crippen LogP) is 7.96. The minimum Gasteiger partial charge on any atom is -0.328 e. The van der Waals surface area contributed by atoms with E-state index in [1.54, 1.807) is 11.1 Å². The lowest BCUT2D eigenvalue weighted by molar-refractivity contribution is 0.368. The van der Waals surface area contributed by atoms with Crippen LogP contribution in [0.4, 0.5) is 0 Å². The van der Waals surface area contributed by atoms with Gasteiger partial charge in [-0.3, -0.25) is 0 Å². The third kappa shape index (κ3) is 20.8. The molecule has 0 unspecified atom stereocenters. The number of rotatable bonds is 16. The summed E-state index contributed by atoms with van der Waals surface area (Å²) in [5.74, 6) is 1.74. The van der Waals surface area contributed by atoms with Crippen LogP contribution in [0.1, 0.15) is 116 Å². The highest BCUT2D eigenvalue weighted by atomic mass is 31.2.